The lowest BCUT2D eigenvalue weighted by Crippen LogP contribution is -2.48. The first-order valence-corrected chi connectivity index (χ1v) is 4.02. The van der Waals surface area contributed by atoms with Crippen LogP contribution in [0.4, 0.5) is 0 Å². The second kappa shape index (κ2) is 4.42. The summed E-state index contributed by atoms with van der Waals surface area (Å²) in [5, 5.41) is 11.6. The molecule has 0 aliphatic rings. The molecular weight excluding hydrogens is 156 g/mol. The van der Waals surface area contributed by atoms with Crippen molar-refractivity contribution in [2.45, 2.75) is 26.8 Å². The summed E-state index contributed by atoms with van der Waals surface area (Å²) in [6.07, 6.45) is 0. The molecule has 0 aromatic rings. The highest BCUT2D eigenvalue weighted by Crippen LogP contribution is 2.18. The molecule has 1 unspecified atom stereocenters. The van der Waals surface area contributed by atoms with E-state index < -0.39 is 0 Å². The van der Waals surface area contributed by atoms with Crippen molar-refractivity contribution in [3.8, 4) is 0 Å². The highest BCUT2D eigenvalue weighted by Gasteiger charge is 2.24. The van der Waals surface area contributed by atoms with Crippen molar-refractivity contribution in [3.63, 3.8) is 0 Å². The number of carbonyl (C=O) groups excluding carboxylic acids is 1. The third kappa shape index (κ3) is 3.69. The van der Waals surface area contributed by atoms with E-state index >= 15 is 0 Å². The van der Waals surface area contributed by atoms with Gasteiger partial charge in [-0.05, 0) is 5.41 Å². The van der Waals surface area contributed by atoms with Crippen molar-refractivity contribution >= 4 is 5.91 Å². The van der Waals surface area contributed by atoms with Gasteiger partial charge in [0.1, 0.15) is 0 Å². The number of hydrogen-bond donors (Lipinski definition) is 3. The van der Waals surface area contributed by atoms with E-state index in [-0.39, 0.29) is 30.5 Å². The molecule has 0 aromatic heterocycles. The maximum atomic E-state index is 10.9. The summed E-state index contributed by atoms with van der Waals surface area (Å²) in [7, 11) is 0. The second-order valence-electron chi connectivity index (χ2n) is 3.87. The Labute approximate surface area is 73.1 Å². The Balaban J connectivity index is 4.09. The molecule has 0 aromatic carbocycles. The summed E-state index contributed by atoms with van der Waals surface area (Å²) in [5.74, 6) is -0.232. The van der Waals surface area contributed by atoms with E-state index in [1.807, 2.05) is 20.8 Å². The fraction of sp³-hybridized carbons (Fsp3) is 0.875. The quantitative estimate of drug-likeness (QED) is 0.538. The molecule has 0 bridgehead atoms. The van der Waals surface area contributed by atoms with Gasteiger partial charge < -0.3 is 16.2 Å². The molecule has 1 amide bonds. The predicted octanol–water partition coefficient (Wildman–Crippen LogP) is -0.532. The fourth-order valence-corrected chi connectivity index (χ4v) is 0.789. The lowest BCUT2D eigenvalue weighted by atomic mass is 9.87. The molecule has 0 rings (SSSR count). The van der Waals surface area contributed by atoms with E-state index in [0.717, 1.165) is 0 Å². The minimum Gasteiger partial charge on any atom is -0.394 e. The molecule has 0 saturated heterocycles. The highest BCUT2D eigenvalue weighted by molar-refractivity contribution is 5.78. The number of aliphatic hydroxyl groups is 1. The van der Waals surface area contributed by atoms with Gasteiger partial charge in [-0.15, -0.1) is 0 Å². The smallest absolute Gasteiger partial charge is 0.234 e. The minimum absolute atomic E-state index is 0.0351. The van der Waals surface area contributed by atoms with Crippen LogP contribution < -0.4 is 11.1 Å². The lowest BCUT2D eigenvalue weighted by molar-refractivity contribution is -0.121. The standard InChI is InChI=1S/C8H18N2O2/c1-8(2,3)6(5-11)10-7(12)4-9/h6,11H,4-5,9H2,1-3H3,(H,10,12). The highest BCUT2D eigenvalue weighted by atomic mass is 16.3. The van der Waals surface area contributed by atoms with Crippen LogP contribution in [-0.2, 0) is 4.79 Å². The Morgan fingerprint density at radius 2 is 2.08 bits per heavy atom. The molecule has 0 fully saturated rings. The fourth-order valence-electron chi connectivity index (χ4n) is 0.789. The van der Waals surface area contributed by atoms with Crippen LogP contribution in [0.5, 0.6) is 0 Å². The van der Waals surface area contributed by atoms with E-state index in [1.165, 1.54) is 0 Å². The molecule has 0 aliphatic heterocycles. The zero-order valence-electron chi connectivity index (χ0n) is 7.92. The first kappa shape index (κ1) is 11.4. The summed E-state index contributed by atoms with van der Waals surface area (Å²) in [6.45, 7) is 5.75. The van der Waals surface area contributed by atoms with Crippen molar-refractivity contribution < 1.29 is 9.90 Å². The third-order valence-corrected chi connectivity index (χ3v) is 1.75. The van der Waals surface area contributed by atoms with Gasteiger partial charge in [-0.3, -0.25) is 4.79 Å². The van der Waals surface area contributed by atoms with E-state index in [9.17, 15) is 4.79 Å². The van der Waals surface area contributed by atoms with Crippen LogP contribution in [0.2, 0.25) is 0 Å². The molecule has 4 N–H and O–H groups in total. The second-order valence-corrected chi connectivity index (χ2v) is 3.87. The van der Waals surface area contributed by atoms with Crippen LogP contribution in [0.15, 0.2) is 0 Å². The van der Waals surface area contributed by atoms with E-state index in [0.29, 0.717) is 0 Å². The van der Waals surface area contributed by atoms with Crippen LogP contribution in [-0.4, -0.2) is 30.2 Å². The van der Waals surface area contributed by atoms with Crippen molar-refractivity contribution in [2.24, 2.45) is 11.1 Å². The Hall–Kier alpha value is -0.610. The van der Waals surface area contributed by atoms with Gasteiger partial charge >= 0.3 is 0 Å². The summed E-state index contributed by atoms with van der Waals surface area (Å²) in [6, 6.07) is -0.228. The van der Waals surface area contributed by atoms with Gasteiger partial charge in [0, 0.05) is 0 Å². The normalized spacial score (nSPS) is 14.1. The Kier molecular flexibility index (Phi) is 4.20. The molecule has 12 heavy (non-hydrogen) atoms. The first-order chi connectivity index (χ1) is 5.41. The van der Waals surface area contributed by atoms with Crippen molar-refractivity contribution in [3.05, 3.63) is 0 Å². The zero-order chi connectivity index (χ0) is 9.78. The van der Waals surface area contributed by atoms with E-state index in [1.54, 1.807) is 0 Å². The van der Waals surface area contributed by atoms with Crippen LogP contribution in [0.3, 0.4) is 0 Å². The Bertz CT molecular complexity index is 152. The van der Waals surface area contributed by atoms with Gasteiger partial charge in [0.2, 0.25) is 5.91 Å². The van der Waals surface area contributed by atoms with Crippen LogP contribution in [0.25, 0.3) is 0 Å². The molecule has 4 nitrogen and oxygen atoms in total. The van der Waals surface area contributed by atoms with Gasteiger partial charge in [0.25, 0.3) is 0 Å². The van der Waals surface area contributed by atoms with Gasteiger partial charge in [-0.25, -0.2) is 0 Å². The number of nitrogens with one attached hydrogen (secondary N) is 1. The molecule has 0 heterocycles. The maximum Gasteiger partial charge on any atom is 0.234 e. The summed E-state index contributed by atoms with van der Waals surface area (Å²) in [5.41, 5.74) is 4.99. The average Bonchev–Trinajstić information content (AvgIpc) is 1.97. The van der Waals surface area contributed by atoms with Gasteiger partial charge in [-0.1, -0.05) is 20.8 Å². The molecule has 0 saturated carbocycles. The van der Waals surface area contributed by atoms with Crippen molar-refractivity contribution in [1.29, 1.82) is 0 Å². The van der Waals surface area contributed by atoms with Gasteiger partial charge in [0.15, 0.2) is 0 Å². The molecule has 0 aliphatic carbocycles. The Morgan fingerprint density at radius 3 is 2.33 bits per heavy atom. The number of rotatable bonds is 3. The zero-order valence-corrected chi connectivity index (χ0v) is 7.92. The maximum absolute atomic E-state index is 10.9. The minimum atomic E-state index is -0.232. The average molecular weight is 174 g/mol. The number of aliphatic hydroxyl groups excluding tert-OH is 1. The summed E-state index contributed by atoms with van der Waals surface area (Å²) >= 11 is 0. The third-order valence-electron chi connectivity index (χ3n) is 1.75. The largest absolute Gasteiger partial charge is 0.394 e. The molecule has 4 heteroatoms. The van der Waals surface area contributed by atoms with E-state index in [4.69, 9.17) is 10.8 Å². The van der Waals surface area contributed by atoms with E-state index in [2.05, 4.69) is 5.32 Å². The number of amides is 1. The van der Waals surface area contributed by atoms with Gasteiger partial charge in [-0.2, -0.15) is 0 Å². The number of carbonyl (C=O) groups is 1. The number of hydrogen-bond acceptors (Lipinski definition) is 3. The topological polar surface area (TPSA) is 75.3 Å². The monoisotopic (exact) mass is 174 g/mol. The first-order valence-electron chi connectivity index (χ1n) is 4.02. The number of nitrogens with two attached hydrogens (primary N) is 1. The lowest BCUT2D eigenvalue weighted by Gasteiger charge is -2.29. The molecule has 0 spiro atoms. The molecule has 72 valence electrons. The van der Waals surface area contributed by atoms with Crippen LogP contribution in [0, 0.1) is 5.41 Å². The summed E-state index contributed by atoms with van der Waals surface area (Å²) in [4.78, 5) is 10.9. The van der Waals surface area contributed by atoms with Crippen molar-refractivity contribution in [2.75, 3.05) is 13.2 Å². The molecule has 1 atom stereocenters. The van der Waals surface area contributed by atoms with Crippen molar-refractivity contribution in [1.82, 2.24) is 5.32 Å². The SMILES string of the molecule is CC(C)(C)C(CO)NC(=O)CN. The summed E-state index contributed by atoms with van der Waals surface area (Å²) < 4.78 is 0. The van der Waals surface area contributed by atoms with Crippen LogP contribution in [0.1, 0.15) is 20.8 Å². The Morgan fingerprint density at radius 1 is 1.58 bits per heavy atom. The predicted molar refractivity (Wildman–Crippen MR) is 47.5 cm³/mol. The molecular formula is C8H18N2O2. The van der Waals surface area contributed by atoms with Gasteiger partial charge in [0.05, 0.1) is 19.2 Å². The molecule has 0 radical (unpaired) electrons. The van der Waals surface area contributed by atoms with Crippen LogP contribution >= 0.6 is 0 Å².